The molecule has 19 heavy (non-hydrogen) atoms. The van der Waals surface area contributed by atoms with E-state index in [1.54, 1.807) is 6.07 Å². The van der Waals surface area contributed by atoms with Crippen LogP contribution in [0, 0.1) is 11.3 Å². The maximum atomic E-state index is 9.08. The van der Waals surface area contributed by atoms with Gasteiger partial charge in [-0.3, -0.25) is 0 Å². The van der Waals surface area contributed by atoms with Crippen molar-refractivity contribution in [2.45, 2.75) is 13.1 Å². The van der Waals surface area contributed by atoms with Crippen LogP contribution in [-0.2, 0) is 13.1 Å². The van der Waals surface area contributed by atoms with Gasteiger partial charge in [0.25, 0.3) is 0 Å². The van der Waals surface area contributed by atoms with Crippen molar-refractivity contribution in [2.75, 3.05) is 5.32 Å². The fraction of sp³-hybridized carbons (Fsp3) is 0.133. The molecule has 0 saturated heterocycles. The van der Waals surface area contributed by atoms with E-state index in [0.29, 0.717) is 18.7 Å². The molecule has 2 aromatic carbocycles. The normalized spacial score (nSPS) is 9.95. The number of rotatable bonds is 4. The van der Waals surface area contributed by atoms with Gasteiger partial charge in [-0.1, -0.05) is 40.2 Å². The van der Waals surface area contributed by atoms with Crippen molar-refractivity contribution in [1.29, 1.82) is 5.26 Å². The third-order valence-electron chi connectivity index (χ3n) is 2.91. The minimum Gasteiger partial charge on any atom is -0.380 e. The predicted molar refractivity (Wildman–Crippen MR) is 80.5 cm³/mol. The first-order chi connectivity index (χ1) is 9.24. The third-order valence-corrected chi connectivity index (χ3v) is 3.40. The van der Waals surface area contributed by atoms with Crippen molar-refractivity contribution < 1.29 is 0 Å². The molecule has 0 atom stereocenters. The summed E-state index contributed by atoms with van der Waals surface area (Å²) in [6.07, 6.45) is 0. The minimum absolute atomic E-state index is 0.515. The van der Waals surface area contributed by atoms with Crippen molar-refractivity contribution in [3.8, 4) is 6.07 Å². The molecule has 4 heteroatoms. The molecule has 0 spiro atoms. The molecule has 0 unspecified atom stereocenters. The smallest absolute Gasteiger partial charge is 0.101 e. The van der Waals surface area contributed by atoms with Crippen LogP contribution in [0.5, 0.6) is 0 Å². The third kappa shape index (κ3) is 3.34. The van der Waals surface area contributed by atoms with Gasteiger partial charge in [-0.25, -0.2) is 0 Å². The molecule has 3 N–H and O–H groups in total. The Hall–Kier alpha value is -1.83. The lowest BCUT2D eigenvalue weighted by Crippen LogP contribution is -2.07. The van der Waals surface area contributed by atoms with Gasteiger partial charge in [-0.2, -0.15) is 5.26 Å². The summed E-state index contributed by atoms with van der Waals surface area (Å²) in [5.74, 6) is 0. The van der Waals surface area contributed by atoms with Crippen LogP contribution in [-0.4, -0.2) is 0 Å². The van der Waals surface area contributed by atoms with Crippen LogP contribution in [0.3, 0.4) is 0 Å². The van der Waals surface area contributed by atoms with E-state index in [2.05, 4.69) is 27.3 Å². The summed E-state index contributed by atoms with van der Waals surface area (Å²) in [5, 5.41) is 12.4. The molecular weight excluding hydrogens is 302 g/mol. The maximum absolute atomic E-state index is 9.08. The summed E-state index contributed by atoms with van der Waals surface area (Å²) >= 11 is 3.41. The molecular formula is C15H14BrN3. The van der Waals surface area contributed by atoms with Gasteiger partial charge in [0.05, 0.1) is 11.3 Å². The zero-order chi connectivity index (χ0) is 13.7. The van der Waals surface area contributed by atoms with Gasteiger partial charge >= 0.3 is 0 Å². The molecule has 2 rings (SSSR count). The number of anilines is 1. The molecule has 0 heterocycles. The van der Waals surface area contributed by atoms with Crippen molar-refractivity contribution in [1.82, 2.24) is 0 Å². The number of hydrogen-bond acceptors (Lipinski definition) is 3. The summed E-state index contributed by atoms with van der Waals surface area (Å²) in [5.41, 5.74) is 9.43. The molecule has 3 nitrogen and oxygen atoms in total. The van der Waals surface area contributed by atoms with Crippen LogP contribution in [0.15, 0.2) is 46.9 Å². The van der Waals surface area contributed by atoms with Crippen LogP contribution in [0.4, 0.5) is 5.69 Å². The molecule has 0 aliphatic rings. The highest BCUT2D eigenvalue weighted by Crippen LogP contribution is 2.22. The zero-order valence-electron chi connectivity index (χ0n) is 10.4. The highest BCUT2D eigenvalue weighted by atomic mass is 79.9. The SMILES string of the molecule is N#Cc1ccc(Br)cc1NCc1ccccc1CN. The topological polar surface area (TPSA) is 61.8 Å². The van der Waals surface area contributed by atoms with E-state index < -0.39 is 0 Å². The Kier molecular flexibility index (Phi) is 4.56. The van der Waals surface area contributed by atoms with E-state index in [-0.39, 0.29) is 0 Å². The van der Waals surface area contributed by atoms with E-state index in [1.807, 2.05) is 36.4 Å². The monoisotopic (exact) mass is 315 g/mol. The number of halogens is 1. The Bertz CT molecular complexity index is 617. The fourth-order valence-corrected chi connectivity index (χ4v) is 2.24. The number of hydrogen-bond donors (Lipinski definition) is 2. The Morgan fingerprint density at radius 3 is 2.58 bits per heavy atom. The minimum atomic E-state index is 0.515. The van der Waals surface area contributed by atoms with Crippen LogP contribution < -0.4 is 11.1 Å². The summed E-state index contributed by atoms with van der Waals surface area (Å²) in [6.45, 7) is 1.17. The van der Waals surface area contributed by atoms with Gasteiger partial charge < -0.3 is 11.1 Å². The zero-order valence-corrected chi connectivity index (χ0v) is 11.9. The summed E-state index contributed by atoms with van der Waals surface area (Å²) in [6, 6.07) is 15.8. The molecule has 0 amide bonds. The number of nitriles is 1. The van der Waals surface area contributed by atoms with Crippen molar-refractivity contribution >= 4 is 21.6 Å². The first-order valence-electron chi connectivity index (χ1n) is 5.95. The Morgan fingerprint density at radius 1 is 1.16 bits per heavy atom. The van der Waals surface area contributed by atoms with Crippen molar-refractivity contribution in [2.24, 2.45) is 5.73 Å². The molecule has 0 aliphatic heterocycles. The highest BCUT2D eigenvalue weighted by Gasteiger charge is 2.04. The van der Waals surface area contributed by atoms with Gasteiger partial charge in [0, 0.05) is 17.6 Å². The lowest BCUT2D eigenvalue weighted by atomic mass is 10.1. The van der Waals surface area contributed by atoms with E-state index in [0.717, 1.165) is 21.3 Å². The van der Waals surface area contributed by atoms with Crippen molar-refractivity contribution in [3.05, 3.63) is 63.6 Å². The highest BCUT2D eigenvalue weighted by molar-refractivity contribution is 9.10. The fourth-order valence-electron chi connectivity index (χ4n) is 1.88. The van der Waals surface area contributed by atoms with Gasteiger partial charge in [-0.15, -0.1) is 0 Å². The lowest BCUT2D eigenvalue weighted by Gasteiger charge is -2.11. The van der Waals surface area contributed by atoms with Crippen LogP contribution in [0.25, 0.3) is 0 Å². The number of benzene rings is 2. The molecule has 0 aromatic heterocycles. The number of nitrogens with zero attached hydrogens (tertiary/aromatic N) is 1. The van der Waals surface area contributed by atoms with E-state index in [1.165, 1.54) is 0 Å². The average molecular weight is 316 g/mol. The van der Waals surface area contributed by atoms with Gasteiger partial charge in [0.2, 0.25) is 0 Å². The second kappa shape index (κ2) is 6.37. The second-order valence-corrected chi connectivity index (χ2v) is 5.04. The van der Waals surface area contributed by atoms with Crippen molar-refractivity contribution in [3.63, 3.8) is 0 Å². The quantitative estimate of drug-likeness (QED) is 0.909. The molecule has 96 valence electrons. The Balaban J connectivity index is 2.19. The van der Waals surface area contributed by atoms with Crippen LogP contribution in [0.2, 0.25) is 0 Å². The predicted octanol–water partition coefficient (Wildman–Crippen LogP) is 3.39. The maximum Gasteiger partial charge on any atom is 0.101 e. The molecule has 0 bridgehead atoms. The van der Waals surface area contributed by atoms with Crippen LogP contribution >= 0.6 is 15.9 Å². The summed E-state index contributed by atoms with van der Waals surface area (Å²) in [7, 11) is 0. The lowest BCUT2D eigenvalue weighted by molar-refractivity contribution is 1.01. The average Bonchev–Trinajstić information content (AvgIpc) is 2.45. The molecule has 0 aliphatic carbocycles. The van der Waals surface area contributed by atoms with E-state index >= 15 is 0 Å². The van der Waals surface area contributed by atoms with Gasteiger partial charge in [0.15, 0.2) is 0 Å². The Labute approximate surface area is 121 Å². The summed E-state index contributed by atoms with van der Waals surface area (Å²) < 4.78 is 0.945. The second-order valence-electron chi connectivity index (χ2n) is 4.13. The molecule has 0 fully saturated rings. The summed E-state index contributed by atoms with van der Waals surface area (Å²) in [4.78, 5) is 0. The Morgan fingerprint density at radius 2 is 1.89 bits per heavy atom. The number of nitrogens with one attached hydrogen (secondary N) is 1. The van der Waals surface area contributed by atoms with Gasteiger partial charge in [-0.05, 0) is 29.3 Å². The molecule has 0 radical (unpaired) electrons. The molecule has 0 saturated carbocycles. The largest absolute Gasteiger partial charge is 0.380 e. The number of nitrogens with two attached hydrogens (primary N) is 1. The van der Waals surface area contributed by atoms with Crippen LogP contribution in [0.1, 0.15) is 16.7 Å². The van der Waals surface area contributed by atoms with E-state index in [9.17, 15) is 0 Å². The standard InChI is InChI=1S/C15H14BrN3/c16-14-6-5-12(9-18)15(7-14)19-10-13-4-2-1-3-11(13)8-17/h1-7,19H,8,10,17H2. The van der Waals surface area contributed by atoms with Gasteiger partial charge in [0.1, 0.15) is 6.07 Å². The first-order valence-corrected chi connectivity index (χ1v) is 6.74. The first kappa shape index (κ1) is 13.6. The molecule has 2 aromatic rings. The van der Waals surface area contributed by atoms with E-state index in [4.69, 9.17) is 11.0 Å².